The fourth-order valence-corrected chi connectivity index (χ4v) is 3.60. The van der Waals surface area contributed by atoms with E-state index in [0.717, 1.165) is 28.1 Å². The lowest BCUT2D eigenvalue weighted by molar-refractivity contribution is -0.192. The van der Waals surface area contributed by atoms with Crippen LogP contribution in [0.15, 0.2) is 91.5 Å². The predicted molar refractivity (Wildman–Crippen MR) is 135 cm³/mol. The number of halogens is 3. The van der Waals surface area contributed by atoms with Crippen molar-refractivity contribution in [2.45, 2.75) is 12.7 Å². The number of benzene rings is 2. The number of aliphatic carboxylic acids is 1. The first-order valence-corrected chi connectivity index (χ1v) is 11.3. The van der Waals surface area contributed by atoms with E-state index >= 15 is 0 Å². The Kier molecular flexibility index (Phi) is 7.85. The molecule has 3 N–H and O–H groups in total. The lowest BCUT2D eigenvalue weighted by atomic mass is 10.1. The molecule has 0 unspecified atom stereocenters. The number of pyridine rings is 1. The molecular formula is C27H20F3N5O4. The second-order valence-corrected chi connectivity index (χ2v) is 8.13. The van der Waals surface area contributed by atoms with Gasteiger partial charge in [0.2, 0.25) is 0 Å². The third-order valence-corrected chi connectivity index (χ3v) is 5.45. The van der Waals surface area contributed by atoms with Crippen molar-refractivity contribution in [2.75, 3.05) is 0 Å². The standard InChI is InChI=1S/C25H19N5O2.C2HF3O2/c31-25(32)21-9-5-4-8-19(21)15-30-16-20(13-28-30)18-10-11-26-22(12-18)24-27-14-23(29-24)17-6-2-1-3-7-17;3-2(4,5)1(6)7/h1-14,16H,15H2,(H,27,29)(H,31,32);(H,6,7). The van der Waals surface area contributed by atoms with E-state index in [1.54, 1.807) is 41.5 Å². The predicted octanol–water partition coefficient (Wildman–Crippen LogP) is 5.38. The summed E-state index contributed by atoms with van der Waals surface area (Å²) >= 11 is 0. The molecule has 0 aliphatic rings. The minimum Gasteiger partial charge on any atom is -0.478 e. The zero-order valence-corrected chi connectivity index (χ0v) is 20.0. The molecule has 0 aliphatic heterocycles. The number of nitrogens with zero attached hydrogens (tertiary/aromatic N) is 4. The average Bonchev–Trinajstić information content (AvgIpc) is 3.60. The van der Waals surface area contributed by atoms with Crippen molar-refractivity contribution < 1.29 is 33.0 Å². The fourth-order valence-electron chi connectivity index (χ4n) is 3.60. The second kappa shape index (κ2) is 11.4. The molecule has 9 nitrogen and oxygen atoms in total. The largest absolute Gasteiger partial charge is 0.490 e. The van der Waals surface area contributed by atoms with E-state index in [1.165, 1.54) is 0 Å². The van der Waals surface area contributed by atoms with Gasteiger partial charge in [-0.3, -0.25) is 9.67 Å². The normalized spacial score (nSPS) is 10.9. The van der Waals surface area contributed by atoms with Gasteiger partial charge in [0.05, 0.1) is 30.2 Å². The van der Waals surface area contributed by atoms with Crippen LogP contribution in [0.3, 0.4) is 0 Å². The van der Waals surface area contributed by atoms with Gasteiger partial charge in [-0.05, 0) is 34.9 Å². The number of aromatic nitrogens is 5. The summed E-state index contributed by atoms with van der Waals surface area (Å²) in [4.78, 5) is 32.6. The number of aromatic amines is 1. The van der Waals surface area contributed by atoms with Crippen LogP contribution in [-0.2, 0) is 11.3 Å². The second-order valence-electron chi connectivity index (χ2n) is 8.13. The number of imidazole rings is 1. The highest BCUT2D eigenvalue weighted by Crippen LogP contribution is 2.25. The molecule has 0 saturated heterocycles. The van der Waals surface area contributed by atoms with Crippen molar-refractivity contribution in [2.24, 2.45) is 0 Å². The molecule has 2 aromatic carbocycles. The van der Waals surface area contributed by atoms with Gasteiger partial charge in [0.25, 0.3) is 0 Å². The van der Waals surface area contributed by atoms with Crippen LogP contribution in [0.2, 0.25) is 0 Å². The van der Waals surface area contributed by atoms with Crippen LogP contribution in [0.1, 0.15) is 15.9 Å². The molecule has 0 saturated carbocycles. The summed E-state index contributed by atoms with van der Waals surface area (Å²) in [6.07, 6.45) is 2.12. The molecule has 0 radical (unpaired) electrons. The quantitative estimate of drug-likeness (QED) is 0.266. The molecule has 5 aromatic rings. The number of carboxylic acids is 2. The Balaban J connectivity index is 0.000000448. The molecule has 3 aromatic heterocycles. The maximum absolute atomic E-state index is 11.5. The first-order valence-electron chi connectivity index (χ1n) is 11.3. The number of nitrogens with one attached hydrogen (secondary N) is 1. The van der Waals surface area contributed by atoms with Gasteiger partial charge in [-0.2, -0.15) is 18.3 Å². The molecule has 0 spiro atoms. The number of H-pyrrole nitrogens is 1. The highest BCUT2D eigenvalue weighted by Gasteiger charge is 2.38. The van der Waals surface area contributed by atoms with Gasteiger partial charge in [-0.1, -0.05) is 48.5 Å². The van der Waals surface area contributed by atoms with E-state index in [4.69, 9.17) is 9.90 Å². The summed E-state index contributed by atoms with van der Waals surface area (Å²) in [5.74, 6) is -3.01. The molecule has 12 heteroatoms. The topological polar surface area (TPSA) is 134 Å². The lowest BCUT2D eigenvalue weighted by Gasteiger charge is -2.06. The maximum atomic E-state index is 11.5. The summed E-state index contributed by atoms with van der Waals surface area (Å²) in [6.45, 7) is 0.374. The van der Waals surface area contributed by atoms with E-state index in [2.05, 4.69) is 20.1 Å². The molecular weight excluding hydrogens is 515 g/mol. The summed E-state index contributed by atoms with van der Waals surface area (Å²) in [6, 6.07) is 20.8. The van der Waals surface area contributed by atoms with Crippen LogP contribution in [0.4, 0.5) is 13.2 Å². The minimum atomic E-state index is -5.08. The zero-order chi connectivity index (χ0) is 28.0. The maximum Gasteiger partial charge on any atom is 0.490 e. The minimum absolute atomic E-state index is 0.280. The van der Waals surface area contributed by atoms with Crippen molar-refractivity contribution in [3.8, 4) is 33.9 Å². The van der Waals surface area contributed by atoms with Crippen molar-refractivity contribution in [1.82, 2.24) is 24.7 Å². The summed E-state index contributed by atoms with van der Waals surface area (Å²) in [7, 11) is 0. The van der Waals surface area contributed by atoms with Gasteiger partial charge >= 0.3 is 18.1 Å². The number of carbonyl (C=O) groups is 2. The van der Waals surface area contributed by atoms with Crippen molar-refractivity contribution >= 4 is 11.9 Å². The van der Waals surface area contributed by atoms with Gasteiger partial charge in [-0.25, -0.2) is 14.6 Å². The number of aromatic carboxylic acids is 1. The zero-order valence-electron chi connectivity index (χ0n) is 20.0. The third-order valence-electron chi connectivity index (χ3n) is 5.45. The highest BCUT2D eigenvalue weighted by molar-refractivity contribution is 5.89. The molecule has 39 heavy (non-hydrogen) atoms. The fraction of sp³-hybridized carbons (Fsp3) is 0.0741. The van der Waals surface area contributed by atoms with Crippen molar-refractivity contribution in [3.05, 3.63) is 103 Å². The lowest BCUT2D eigenvalue weighted by Crippen LogP contribution is -2.21. The van der Waals surface area contributed by atoms with E-state index in [0.29, 0.717) is 17.9 Å². The molecule has 0 amide bonds. The van der Waals surface area contributed by atoms with Crippen LogP contribution in [0.25, 0.3) is 33.9 Å². The number of alkyl halides is 3. The molecule has 0 atom stereocenters. The summed E-state index contributed by atoms with van der Waals surface area (Å²) in [5, 5.41) is 20.9. The van der Waals surface area contributed by atoms with E-state index in [9.17, 15) is 23.1 Å². The first-order chi connectivity index (χ1) is 18.6. The van der Waals surface area contributed by atoms with Crippen LogP contribution in [-0.4, -0.2) is 53.1 Å². The average molecular weight is 535 g/mol. The van der Waals surface area contributed by atoms with Gasteiger partial charge in [0.1, 0.15) is 5.69 Å². The summed E-state index contributed by atoms with van der Waals surface area (Å²) < 4.78 is 33.5. The molecule has 198 valence electrons. The highest BCUT2D eigenvalue weighted by atomic mass is 19.4. The molecule has 3 heterocycles. The number of carboxylic acid groups (broad SMARTS) is 2. The number of rotatable bonds is 6. The van der Waals surface area contributed by atoms with Crippen molar-refractivity contribution in [3.63, 3.8) is 0 Å². The van der Waals surface area contributed by atoms with Gasteiger partial charge < -0.3 is 15.2 Å². The van der Waals surface area contributed by atoms with Gasteiger partial charge in [0.15, 0.2) is 5.82 Å². The van der Waals surface area contributed by atoms with Crippen LogP contribution >= 0.6 is 0 Å². The van der Waals surface area contributed by atoms with E-state index in [1.807, 2.05) is 54.7 Å². The summed E-state index contributed by atoms with van der Waals surface area (Å²) in [5.41, 5.74) is 5.57. The first kappa shape index (κ1) is 26.8. The third kappa shape index (κ3) is 6.74. The molecule has 0 bridgehead atoms. The Morgan fingerprint density at radius 2 is 1.56 bits per heavy atom. The SMILES string of the molecule is O=C(O)C(F)(F)F.O=C(O)c1ccccc1Cn1cc(-c2ccnc(-c3ncc(-c4ccccc4)[nH]3)c2)cn1. The molecule has 5 rings (SSSR count). The van der Waals surface area contributed by atoms with Crippen LogP contribution in [0.5, 0.6) is 0 Å². The Bertz CT molecular complexity index is 1600. The molecule has 0 fully saturated rings. The Hall–Kier alpha value is -5.26. The van der Waals surface area contributed by atoms with Gasteiger partial charge in [-0.15, -0.1) is 0 Å². The van der Waals surface area contributed by atoms with Crippen LogP contribution < -0.4 is 0 Å². The van der Waals surface area contributed by atoms with Crippen molar-refractivity contribution in [1.29, 1.82) is 0 Å². The number of hydrogen-bond donors (Lipinski definition) is 3. The monoisotopic (exact) mass is 535 g/mol. The van der Waals surface area contributed by atoms with E-state index < -0.39 is 18.1 Å². The van der Waals surface area contributed by atoms with Crippen LogP contribution in [0, 0.1) is 0 Å². The molecule has 0 aliphatic carbocycles. The van der Waals surface area contributed by atoms with Gasteiger partial charge in [0, 0.05) is 18.0 Å². The Labute approximate surface area is 219 Å². The Morgan fingerprint density at radius 1 is 0.872 bits per heavy atom. The Morgan fingerprint density at radius 3 is 2.26 bits per heavy atom. The smallest absolute Gasteiger partial charge is 0.478 e. The number of hydrogen-bond acceptors (Lipinski definition) is 5. The van der Waals surface area contributed by atoms with E-state index in [-0.39, 0.29) is 5.56 Å².